The van der Waals surface area contributed by atoms with Gasteiger partial charge >= 0.3 is 0 Å². The normalized spacial score (nSPS) is 10.8. The molecule has 0 saturated carbocycles. The number of H-pyrrole nitrogens is 1. The molecule has 0 aliphatic rings. The number of hydrogen-bond donors (Lipinski definition) is 1. The number of carbonyl (C=O) groups is 1. The van der Waals surface area contributed by atoms with Gasteiger partial charge in [0.2, 0.25) is 5.95 Å². The molecule has 0 aliphatic heterocycles. The molecule has 16 heavy (non-hydrogen) atoms. The van der Waals surface area contributed by atoms with E-state index in [9.17, 15) is 4.79 Å². The molecule has 2 aromatic heterocycles. The Hall–Kier alpha value is -2.43. The Kier molecular flexibility index (Phi) is 1.83. The number of carbonyl (C=O) groups excluding carboxylic acids is 1. The molecule has 0 unspecified atom stereocenters. The summed E-state index contributed by atoms with van der Waals surface area (Å²) in [5.41, 5.74) is 2.23. The van der Waals surface area contributed by atoms with Gasteiger partial charge < -0.3 is 4.98 Å². The molecule has 1 aromatic carbocycles. The van der Waals surface area contributed by atoms with Crippen LogP contribution in [0.25, 0.3) is 17.0 Å². The first-order chi connectivity index (χ1) is 7.86. The van der Waals surface area contributed by atoms with Crippen molar-refractivity contribution in [1.29, 1.82) is 0 Å². The first-order valence-electron chi connectivity index (χ1n) is 4.81. The van der Waals surface area contributed by atoms with Crippen LogP contribution >= 0.6 is 0 Å². The molecular formula is C11H8N4O. The number of aldehydes is 1. The molecule has 3 aromatic rings. The first-order valence-corrected chi connectivity index (χ1v) is 4.81. The van der Waals surface area contributed by atoms with Crippen LogP contribution < -0.4 is 0 Å². The second-order valence-electron chi connectivity index (χ2n) is 3.40. The minimum Gasteiger partial charge on any atom is -0.323 e. The first kappa shape index (κ1) is 8.84. The van der Waals surface area contributed by atoms with Crippen molar-refractivity contribution in [3.8, 4) is 5.95 Å². The number of aromatic amines is 1. The van der Waals surface area contributed by atoms with Crippen molar-refractivity contribution in [2.24, 2.45) is 0 Å². The van der Waals surface area contributed by atoms with E-state index in [0.29, 0.717) is 17.9 Å². The van der Waals surface area contributed by atoms with Crippen molar-refractivity contribution in [1.82, 2.24) is 19.5 Å². The van der Waals surface area contributed by atoms with E-state index in [1.165, 1.54) is 0 Å². The minimum atomic E-state index is 0.389. The number of rotatable bonds is 2. The third kappa shape index (κ3) is 1.30. The van der Waals surface area contributed by atoms with Gasteiger partial charge in [-0.2, -0.15) is 0 Å². The average molecular weight is 212 g/mol. The standard InChI is InChI=1S/C11H8N4O/c16-6-8-5-15(7-12-8)11-13-9-3-1-2-4-10(9)14-11/h1-7H,(H,13,14). The molecular weight excluding hydrogens is 204 g/mol. The van der Waals surface area contributed by atoms with Gasteiger partial charge in [0.15, 0.2) is 6.29 Å². The maximum atomic E-state index is 10.5. The van der Waals surface area contributed by atoms with Crippen molar-refractivity contribution in [2.75, 3.05) is 0 Å². The van der Waals surface area contributed by atoms with Gasteiger partial charge in [-0.3, -0.25) is 9.36 Å². The molecule has 0 amide bonds. The number of nitrogens with one attached hydrogen (secondary N) is 1. The Morgan fingerprint density at radius 3 is 2.94 bits per heavy atom. The number of fused-ring (bicyclic) bond motifs is 1. The molecule has 0 radical (unpaired) electrons. The predicted molar refractivity (Wildman–Crippen MR) is 58.6 cm³/mol. The lowest BCUT2D eigenvalue weighted by atomic mass is 10.3. The quantitative estimate of drug-likeness (QED) is 0.655. The van der Waals surface area contributed by atoms with E-state index in [4.69, 9.17) is 0 Å². The lowest BCUT2D eigenvalue weighted by Crippen LogP contribution is -1.91. The van der Waals surface area contributed by atoms with E-state index < -0.39 is 0 Å². The maximum Gasteiger partial charge on any atom is 0.213 e. The topological polar surface area (TPSA) is 63.6 Å². The molecule has 2 heterocycles. The lowest BCUT2D eigenvalue weighted by molar-refractivity contribution is 0.111. The van der Waals surface area contributed by atoms with Gasteiger partial charge in [-0.1, -0.05) is 12.1 Å². The van der Waals surface area contributed by atoms with Crippen LogP contribution in [0.5, 0.6) is 0 Å². The summed E-state index contributed by atoms with van der Waals surface area (Å²) in [5.74, 6) is 0.654. The number of benzene rings is 1. The molecule has 0 aliphatic carbocycles. The number of nitrogens with zero attached hydrogens (tertiary/aromatic N) is 3. The highest BCUT2D eigenvalue weighted by molar-refractivity contribution is 5.76. The molecule has 0 saturated heterocycles. The van der Waals surface area contributed by atoms with E-state index in [2.05, 4.69) is 15.0 Å². The molecule has 3 rings (SSSR count). The Labute approximate surface area is 90.8 Å². The van der Waals surface area contributed by atoms with Crippen LogP contribution in [-0.2, 0) is 0 Å². The maximum absolute atomic E-state index is 10.5. The largest absolute Gasteiger partial charge is 0.323 e. The second kappa shape index (κ2) is 3.30. The van der Waals surface area contributed by atoms with Crippen LogP contribution in [0.1, 0.15) is 10.5 Å². The third-order valence-electron chi connectivity index (χ3n) is 2.34. The van der Waals surface area contributed by atoms with E-state index in [0.717, 1.165) is 11.0 Å². The smallest absolute Gasteiger partial charge is 0.213 e. The molecule has 0 bridgehead atoms. The summed E-state index contributed by atoms with van der Waals surface area (Å²) in [4.78, 5) is 22.0. The lowest BCUT2D eigenvalue weighted by Gasteiger charge is -1.92. The van der Waals surface area contributed by atoms with Gasteiger partial charge in [0.05, 0.1) is 11.0 Å². The highest BCUT2D eigenvalue weighted by atomic mass is 16.1. The Morgan fingerprint density at radius 2 is 2.19 bits per heavy atom. The zero-order valence-electron chi connectivity index (χ0n) is 8.29. The summed E-state index contributed by atoms with van der Waals surface area (Å²) in [6.07, 6.45) is 3.89. The summed E-state index contributed by atoms with van der Waals surface area (Å²) < 4.78 is 1.68. The van der Waals surface area contributed by atoms with Crippen molar-refractivity contribution < 1.29 is 4.79 Å². The predicted octanol–water partition coefficient (Wildman–Crippen LogP) is 1.56. The monoisotopic (exact) mass is 212 g/mol. The van der Waals surface area contributed by atoms with E-state index in [1.807, 2.05) is 24.3 Å². The molecule has 1 N–H and O–H groups in total. The summed E-state index contributed by atoms with van der Waals surface area (Å²) in [5, 5.41) is 0. The van der Waals surface area contributed by atoms with Gasteiger partial charge in [0.1, 0.15) is 12.0 Å². The van der Waals surface area contributed by atoms with E-state index in [1.54, 1.807) is 17.1 Å². The number of imidazole rings is 2. The van der Waals surface area contributed by atoms with Crippen molar-refractivity contribution in [3.63, 3.8) is 0 Å². The average Bonchev–Trinajstić information content (AvgIpc) is 2.95. The van der Waals surface area contributed by atoms with Gasteiger partial charge in [-0.25, -0.2) is 9.97 Å². The Bertz CT molecular complexity index is 620. The minimum absolute atomic E-state index is 0.389. The number of aromatic nitrogens is 4. The van der Waals surface area contributed by atoms with Crippen LogP contribution in [0.3, 0.4) is 0 Å². The van der Waals surface area contributed by atoms with E-state index in [-0.39, 0.29) is 0 Å². The number of para-hydroxylation sites is 2. The molecule has 5 nitrogen and oxygen atoms in total. The molecule has 5 heteroatoms. The van der Waals surface area contributed by atoms with Crippen LogP contribution in [0.15, 0.2) is 36.8 Å². The Balaban J connectivity index is 2.14. The van der Waals surface area contributed by atoms with Crippen molar-refractivity contribution >= 4 is 17.3 Å². The fourth-order valence-corrected chi connectivity index (χ4v) is 1.58. The zero-order chi connectivity index (χ0) is 11.0. The van der Waals surface area contributed by atoms with E-state index >= 15 is 0 Å². The van der Waals surface area contributed by atoms with Crippen LogP contribution in [0.2, 0.25) is 0 Å². The summed E-state index contributed by atoms with van der Waals surface area (Å²) in [7, 11) is 0. The molecule has 0 spiro atoms. The molecule has 0 atom stereocenters. The summed E-state index contributed by atoms with van der Waals surface area (Å²) >= 11 is 0. The molecule has 78 valence electrons. The van der Waals surface area contributed by atoms with Gasteiger partial charge in [-0.15, -0.1) is 0 Å². The number of hydrogen-bond acceptors (Lipinski definition) is 3. The molecule has 0 fully saturated rings. The highest BCUT2D eigenvalue weighted by Gasteiger charge is 2.04. The second-order valence-corrected chi connectivity index (χ2v) is 3.40. The fourth-order valence-electron chi connectivity index (χ4n) is 1.58. The SMILES string of the molecule is O=Cc1cn(-c2nc3ccccc3[nH]2)cn1. The van der Waals surface area contributed by atoms with Gasteiger partial charge in [0, 0.05) is 6.20 Å². The summed E-state index contributed by atoms with van der Waals surface area (Å²) in [6.45, 7) is 0. The van der Waals surface area contributed by atoms with Gasteiger partial charge in [0.25, 0.3) is 0 Å². The fraction of sp³-hybridized carbons (Fsp3) is 0. The van der Waals surface area contributed by atoms with Crippen LogP contribution in [-0.4, -0.2) is 25.8 Å². The Morgan fingerprint density at radius 1 is 1.31 bits per heavy atom. The highest BCUT2D eigenvalue weighted by Crippen LogP contribution is 2.13. The van der Waals surface area contributed by atoms with Crippen molar-refractivity contribution in [3.05, 3.63) is 42.5 Å². The summed E-state index contributed by atoms with van der Waals surface area (Å²) in [6, 6.07) is 7.74. The van der Waals surface area contributed by atoms with Crippen molar-refractivity contribution in [2.45, 2.75) is 0 Å². The zero-order valence-corrected chi connectivity index (χ0v) is 8.29. The third-order valence-corrected chi connectivity index (χ3v) is 2.34. The van der Waals surface area contributed by atoms with Gasteiger partial charge in [-0.05, 0) is 12.1 Å². The van der Waals surface area contributed by atoms with Crippen LogP contribution in [0.4, 0.5) is 0 Å². The van der Waals surface area contributed by atoms with Crippen LogP contribution in [0, 0.1) is 0 Å².